The van der Waals surface area contributed by atoms with Gasteiger partial charge in [0.1, 0.15) is 5.76 Å². The molecule has 0 fully saturated rings. The van der Waals surface area contributed by atoms with Gasteiger partial charge in [-0.25, -0.2) is 5.43 Å². The number of hydrogen-bond acceptors (Lipinski definition) is 6. The summed E-state index contributed by atoms with van der Waals surface area (Å²) in [5.74, 6) is 0.0641. The smallest absolute Gasteiger partial charge is 0.291 e. The fraction of sp³-hybridized carbons (Fsp3) is 0.0625. The van der Waals surface area contributed by atoms with Crippen molar-refractivity contribution in [2.75, 3.05) is 0 Å². The molecule has 2 heterocycles. The van der Waals surface area contributed by atoms with E-state index >= 15 is 0 Å². The summed E-state index contributed by atoms with van der Waals surface area (Å²) in [7, 11) is 0. The Labute approximate surface area is 141 Å². The van der Waals surface area contributed by atoms with Crippen LogP contribution in [0.15, 0.2) is 64.4 Å². The number of amides is 1. The summed E-state index contributed by atoms with van der Waals surface area (Å²) in [4.78, 5) is 22.1. The van der Waals surface area contributed by atoms with Crippen LogP contribution in [0.4, 0.5) is 5.69 Å². The minimum Gasteiger partial charge on any atom is -0.463 e. The van der Waals surface area contributed by atoms with Crippen LogP contribution in [-0.4, -0.2) is 26.8 Å². The quantitative estimate of drug-likeness (QED) is 0.420. The van der Waals surface area contributed by atoms with Crippen molar-refractivity contribution in [3.8, 4) is 0 Å². The zero-order valence-corrected chi connectivity index (χ0v) is 12.9. The molecule has 0 saturated heterocycles. The lowest BCUT2D eigenvalue weighted by Crippen LogP contribution is -2.18. The van der Waals surface area contributed by atoms with Crippen molar-refractivity contribution < 1.29 is 14.1 Å². The molecule has 0 bridgehead atoms. The van der Waals surface area contributed by atoms with E-state index < -0.39 is 10.8 Å². The van der Waals surface area contributed by atoms with Gasteiger partial charge in [-0.15, -0.1) is 0 Å². The topological polar surface area (TPSA) is 116 Å². The zero-order chi connectivity index (χ0) is 17.6. The number of aromatic nitrogens is 2. The van der Waals surface area contributed by atoms with E-state index in [1.165, 1.54) is 24.6 Å². The minimum atomic E-state index is -0.455. The normalized spacial score (nSPS) is 10.9. The summed E-state index contributed by atoms with van der Waals surface area (Å²) in [6.07, 6.45) is 4.53. The van der Waals surface area contributed by atoms with Crippen LogP contribution >= 0.6 is 0 Å². The van der Waals surface area contributed by atoms with Gasteiger partial charge in [-0.2, -0.15) is 10.2 Å². The number of carbonyl (C=O) groups is 1. The number of nitrogens with zero attached hydrogens (tertiary/aromatic N) is 4. The zero-order valence-electron chi connectivity index (χ0n) is 12.9. The van der Waals surface area contributed by atoms with Crippen LogP contribution in [-0.2, 0) is 6.54 Å². The molecule has 9 nitrogen and oxygen atoms in total. The summed E-state index contributed by atoms with van der Waals surface area (Å²) >= 11 is 0. The highest BCUT2D eigenvalue weighted by Gasteiger charge is 2.09. The van der Waals surface area contributed by atoms with Gasteiger partial charge in [0, 0.05) is 18.3 Å². The average molecular weight is 339 g/mol. The molecule has 0 aliphatic heterocycles. The van der Waals surface area contributed by atoms with Crippen molar-refractivity contribution in [2.45, 2.75) is 6.54 Å². The monoisotopic (exact) mass is 339 g/mol. The molecular weight excluding hydrogens is 326 g/mol. The third kappa shape index (κ3) is 4.16. The number of nitro benzene ring substituents is 1. The summed E-state index contributed by atoms with van der Waals surface area (Å²) < 4.78 is 6.61. The molecule has 0 radical (unpaired) electrons. The highest BCUT2D eigenvalue weighted by Crippen LogP contribution is 2.12. The van der Waals surface area contributed by atoms with E-state index in [4.69, 9.17) is 4.42 Å². The summed E-state index contributed by atoms with van der Waals surface area (Å²) in [6.45, 7) is 0.390. The number of hydrazone groups is 1. The first kappa shape index (κ1) is 16.1. The lowest BCUT2D eigenvalue weighted by Gasteiger charge is -2.01. The molecule has 0 atom stereocenters. The third-order valence-electron chi connectivity index (χ3n) is 3.27. The molecule has 0 unspecified atom stereocenters. The number of furan rings is 1. The van der Waals surface area contributed by atoms with Crippen molar-refractivity contribution in [1.82, 2.24) is 15.2 Å². The van der Waals surface area contributed by atoms with Crippen molar-refractivity contribution in [1.29, 1.82) is 0 Å². The second kappa shape index (κ2) is 7.21. The number of hydrogen-bond donors (Lipinski definition) is 1. The Morgan fingerprint density at radius 1 is 1.32 bits per heavy atom. The first-order valence-electron chi connectivity index (χ1n) is 7.25. The van der Waals surface area contributed by atoms with Crippen LogP contribution in [0, 0.1) is 10.1 Å². The predicted molar refractivity (Wildman–Crippen MR) is 88.2 cm³/mol. The second-order valence-electron chi connectivity index (χ2n) is 5.04. The third-order valence-corrected chi connectivity index (χ3v) is 3.27. The molecule has 0 saturated carbocycles. The van der Waals surface area contributed by atoms with E-state index in [0.29, 0.717) is 12.3 Å². The Morgan fingerprint density at radius 2 is 2.12 bits per heavy atom. The van der Waals surface area contributed by atoms with Gasteiger partial charge < -0.3 is 4.42 Å². The standard InChI is InChI=1S/C16H13N5O4/c22-16(18-17-10-14-2-1-9-25-14)15-7-8-20(19-15)11-12-3-5-13(6-4-12)21(23)24/h1-10H,11H2,(H,18,22)/b17-10+. The summed E-state index contributed by atoms with van der Waals surface area (Å²) in [5, 5.41) is 18.6. The van der Waals surface area contributed by atoms with Crippen molar-refractivity contribution >= 4 is 17.8 Å². The van der Waals surface area contributed by atoms with Crippen LogP contribution in [0.3, 0.4) is 0 Å². The second-order valence-corrected chi connectivity index (χ2v) is 5.04. The predicted octanol–water partition coefficient (Wildman–Crippen LogP) is 2.20. The Hall–Kier alpha value is -3.75. The first-order valence-corrected chi connectivity index (χ1v) is 7.25. The Bertz CT molecular complexity index is 897. The molecule has 126 valence electrons. The average Bonchev–Trinajstić information content (AvgIpc) is 3.27. The van der Waals surface area contributed by atoms with E-state index in [0.717, 1.165) is 5.56 Å². The molecule has 3 rings (SSSR count). The molecule has 0 aliphatic rings. The summed E-state index contributed by atoms with van der Waals surface area (Å²) in [6, 6.07) is 11.1. The van der Waals surface area contributed by atoms with Crippen LogP contribution in [0.5, 0.6) is 0 Å². The van der Waals surface area contributed by atoms with Crippen LogP contribution in [0.2, 0.25) is 0 Å². The molecule has 1 N–H and O–H groups in total. The van der Waals surface area contributed by atoms with Gasteiger partial charge in [0.15, 0.2) is 5.69 Å². The Morgan fingerprint density at radius 3 is 2.80 bits per heavy atom. The van der Waals surface area contributed by atoms with Crippen LogP contribution in [0.25, 0.3) is 0 Å². The molecule has 25 heavy (non-hydrogen) atoms. The SMILES string of the molecule is O=C(N/N=C/c1ccco1)c1ccn(Cc2ccc([N+](=O)[O-])cc2)n1. The summed E-state index contributed by atoms with van der Waals surface area (Å²) in [5.41, 5.74) is 3.42. The van der Waals surface area contributed by atoms with Crippen molar-refractivity contribution in [3.05, 3.63) is 82.1 Å². The minimum absolute atomic E-state index is 0.0266. The van der Waals surface area contributed by atoms with E-state index in [2.05, 4.69) is 15.6 Å². The number of benzene rings is 1. The molecule has 0 aliphatic carbocycles. The fourth-order valence-electron chi connectivity index (χ4n) is 2.06. The Kier molecular flexibility index (Phi) is 4.65. The van der Waals surface area contributed by atoms with E-state index in [1.807, 2.05) is 0 Å². The maximum atomic E-state index is 12.0. The lowest BCUT2D eigenvalue weighted by atomic mass is 10.2. The van der Waals surface area contributed by atoms with Gasteiger partial charge in [-0.05, 0) is 23.8 Å². The van der Waals surface area contributed by atoms with E-state index in [1.54, 1.807) is 41.2 Å². The van der Waals surface area contributed by atoms with Gasteiger partial charge >= 0.3 is 0 Å². The number of carbonyl (C=O) groups excluding carboxylic acids is 1. The number of nitrogens with one attached hydrogen (secondary N) is 1. The first-order chi connectivity index (χ1) is 12.1. The van der Waals surface area contributed by atoms with Gasteiger partial charge in [-0.3, -0.25) is 19.6 Å². The van der Waals surface area contributed by atoms with Crippen LogP contribution in [0.1, 0.15) is 21.8 Å². The van der Waals surface area contributed by atoms with E-state index in [9.17, 15) is 14.9 Å². The highest BCUT2D eigenvalue weighted by atomic mass is 16.6. The molecule has 3 aromatic rings. The largest absolute Gasteiger partial charge is 0.463 e. The fourth-order valence-corrected chi connectivity index (χ4v) is 2.06. The van der Waals surface area contributed by atoms with Gasteiger partial charge in [0.2, 0.25) is 0 Å². The maximum absolute atomic E-state index is 12.0. The number of rotatable bonds is 6. The Balaban J connectivity index is 1.59. The van der Waals surface area contributed by atoms with Crippen molar-refractivity contribution in [2.24, 2.45) is 5.10 Å². The molecule has 9 heteroatoms. The van der Waals surface area contributed by atoms with Gasteiger partial charge in [-0.1, -0.05) is 12.1 Å². The maximum Gasteiger partial charge on any atom is 0.291 e. The molecule has 2 aromatic heterocycles. The number of non-ortho nitro benzene ring substituents is 1. The van der Waals surface area contributed by atoms with Crippen molar-refractivity contribution in [3.63, 3.8) is 0 Å². The van der Waals surface area contributed by atoms with Gasteiger partial charge in [0.05, 0.1) is 23.9 Å². The van der Waals surface area contributed by atoms with Crippen LogP contribution < -0.4 is 5.43 Å². The highest BCUT2D eigenvalue weighted by molar-refractivity contribution is 5.92. The molecule has 1 aromatic carbocycles. The van der Waals surface area contributed by atoms with Gasteiger partial charge in [0.25, 0.3) is 11.6 Å². The molecular formula is C16H13N5O4. The molecule has 1 amide bonds. The van der Waals surface area contributed by atoms with E-state index in [-0.39, 0.29) is 11.4 Å². The molecule has 0 spiro atoms. The lowest BCUT2D eigenvalue weighted by molar-refractivity contribution is -0.384. The number of nitro groups is 1.